The summed E-state index contributed by atoms with van der Waals surface area (Å²) >= 11 is 6.26. The molecule has 3 amide bonds. The van der Waals surface area contributed by atoms with Crippen molar-refractivity contribution < 1.29 is 27.9 Å². The van der Waals surface area contributed by atoms with Gasteiger partial charge >= 0.3 is 0 Å². The number of anilines is 1. The van der Waals surface area contributed by atoms with E-state index in [-0.39, 0.29) is 40.7 Å². The van der Waals surface area contributed by atoms with Gasteiger partial charge in [0, 0.05) is 11.0 Å². The molecule has 0 radical (unpaired) electrons. The van der Waals surface area contributed by atoms with E-state index in [0.29, 0.717) is 10.5 Å². The molecule has 2 heterocycles. The van der Waals surface area contributed by atoms with Crippen LogP contribution < -0.4 is 10.6 Å². The summed E-state index contributed by atoms with van der Waals surface area (Å²) in [6, 6.07) is 6.67. The predicted octanol–water partition coefficient (Wildman–Crippen LogP) is 3.86. The first-order valence-corrected chi connectivity index (χ1v) is 12.3. The van der Waals surface area contributed by atoms with Crippen LogP contribution in [-0.4, -0.2) is 64.5 Å². The molecule has 198 valence electrons. The number of rotatable bonds is 10. The van der Waals surface area contributed by atoms with Gasteiger partial charge in [-0.1, -0.05) is 44.5 Å². The van der Waals surface area contributed by atoms with E-state index in [1.165, 1.54) is 18.2 Å². The number of aromatic nitrogens is 2. The van der Waals surface area contributed by atoms with Crippen LogP contribution in [0.2, 0.25) is 5.15 Å². The van der Waals surface area contributed by atoms with Crippen molar-refractivity contribution in [3.63, 3.8) is 0 Å². The highest BCUT2D eigenvalue weighted by atomic mass is 35.5. The van der Waals surface area contributed by atoms with Crippen LogP contribution in [-0.2, 0) is 9.53 Å². The number of alkyl halides is 2. The average molecular weight is 536 g/mol. The molecule has 1 saturated carbocycles. The fourth-order valence-corrected chi connectivity index (χ4v) is 3.89. The number of carbonyl (C=O) groups excluding carboxylic acids is 3. The van der Waals surface area contributed by atoms with Gasteiger partial charge in [-0.15, -0.1) is 10.2 Å². The molecule has 0 saturated heterocycles. The van der Waals surface area contributed by atoms with Crippen LogP contribution in [0.1, 0.15) is 65.9 Å². The lowest BCUT2D eigenvalue weighted by Crippen LogP contribution is -2.47. The summed E-state index contributed by atoms with van der Waals surface area (Å²) in [5.41, 5.74) is -0.170. The highest BCUT2D eigenvalue weighted by molar-refractivity contribution is 6.30. The lowest BCUT2D eigenvalue weighted by atomic mass is 9.96. The number of benzene rings is 1. The third-order valence-electron chi connectivity index (χ3n) is 5.97. The van der Waals surface area contributed by atoms with Gasteiger partial charge in [-0.05, 0) is 31.0 Å². The Kier molecular flexibility index (Phi) is 7.59. The van der Waals surface area contributed by atoms with Crippen LogP contribution in [0.25, 0.3) is 0 Å². The number of amides is 3. The van der Waals surface area contributed by atoms with Gasteiger partial charge in [0.1, 0.15) is 0 Å². The molecule has 2 aliphatic rings. The Morgan fingerprint density at radius 2 is 1.78 bits per heavy atom. The lowest BCUT2D eigenvalue weighted by Gasteiger charge is -2.26. The summed E-state index contributed by atoms with van der Waals surface area (Å²) in [4.78, 5) is 38.0. The summed E-state index contributed by atoms with van der Waals surface area (Å²) in [7, 11) is 0. The van der Waals surface area contributed by atoms with Crippen LogP contribution in [0.5, 0.6) is 0 Å². The van der Waals surface area contributed by atoms with Gasteiger partial charge in [-0.25, -0.2) is 8.78 Å². The SMILES string of the molecule is CC(C)(C)C(=O)Nc1cc([C@@H](COC2CC2)NCC(F)(F)CN2C(=O)c3ccccc3C2=O)c(Cl)nn1. The molecule has 0 unspecified atom stereocenters. The maximum Gasteiger partial charge on any atom is 0.278 e. The number of hydrogen-bond acceptors (Lipinski definition) is 7. The normalized spacial score (nSPS) is 16.6. The zero-order valence-electron chi connectivity index (χ0n) is 20.7. The molecule has 1 aliphatic heterocycles. The quantitative estimate of drug-likeness (QED) is 0.444. The van der Waals surface area contributed by atoms with E-state index in [1.54, 1.807) is 32.9 Å². The molecule has 2 aromatic rings. The third-order valence-corrected chi connectivity index (χ3v) is 6.27. The van der Waals surface area contributed by atoms with Gasteiger partial charge in [0.2, 0.25) is 5.91 Å². The molecular formula is C25H28ClF2N5O4. The Labute approximate surface area is 217 Å². The Hall–Kier alpha value is -3.02. The van der Waals surface area contributed by atoms with Crippen LogP contribution in [0, 0.1) is 5.41 Å². The van der Waals surface area contributed by atoms with E-state index in [0.717, 1.165) is 12.8 Å². The van der Waals surface area contributed by atoms with E-state index in [2.05, 4.69) is 20.8 Å². The number of carbonyl (C=O) groups is 3. The van der Waals surface area contributed by atoms with E-state index >= 15 is 8.78 Å². The van der Waals surface area contributed by atoms with Gasteiger partial charge in [-0.3, -0.25) is 19.3 Å². The summed E-state index contributed by atoms with van der Waals surface area (Å²) in [6.07, 6.45) is 1.78. The van der Waals surface area contributed by atoms with Crippen molar-refractivity contribution in [1.29, 1.82) is 0 Å². The van der Waals surface area contributed by atoms with Crippen molar-refractivity contribution in [3.05, 3.63) is 52.2 Å². The fourth-order valence-electron chi connectivity index (χ4n) is 3.67. The minimum atomic E-state index is -3.46. The first kappa shape index (κ1) is 27.0. The van der Waals surface area contributed by atoms with Crippen LogP contribution in [0.15, 0.2) is 30.3 Å². The van der Waals surface area contributed by atoms with Gasteiger partial charge in [-0.2, -0.15) is 0 Å². The van der Waals surface area contributed by atoms with Crippen molar-refractivity contribution in [2.45, 2.75) is 51.7 Å². The van der Waals surface area contributed by atoms with E-state index in [1.807, 2.05) is 0 Å². The number of fused-ring (bicyclic) bond motifs is 1. The second kappa shape index (κ2) is 10.4. The van der Waals surface area contributed by atoms with Gasteiger partial charge in [0.15, 0.2) is 11.0 Å². The monoisotopic (exact) mass is 535 g/mol. The number of ether oxygens (including phenoxy) is 1. The third kappa shape index (κ3) is 6.46. The molecule has 1 aromatic heterocycles. The minimum absolute atomic E-state index is 0.0197. The van der Waals surface area contributed by atoms with Crippen molar-refractivity contribution in [1.82, 2.24) is 20.4 Å². The summed E-state index contributed by atoms with van der Waals surface area (Å²) < 4.78 is 35.9. The van der Waals surface area contributed by atoms with Crippen LogP contribution in [0.4, 0.5) is 14.6 Å². The number of hydrogen-bond donors (Lipinski definition) is 2. The molecule has 2 N–H and O–H groups in total. The molecule has 1 aromatic carbocycles. The number of halogens is 3. The molecule has 9 nitrogen and oxygen atoms in total. The van der Waals surface area contributed by atoms with E-state index < -0.39 is 42.3 Å². The van der Waals surface area contributed by atoms with Crippen molar-refractivity contribution in [2.24, 2.45) is 5.41 Å². The summed E-state index contributed by atoms with van der Waals surface area (Å²) in [5, 5.41) is 13.1. The van der Waals surface area contributed by atoms with Crippen molar-refractivity contribution >= 4 is 35.1 Å². The molecular weight excluding hydrogens is 508 g/mol. The molecule has 12 heteroatoms. The zero-order valence-corrected chi connectivity index (χ0v) is 21.4. The van der Waals surface area contributed by atoms with Gasteiger partial charge in [0.05, 0.1) is 43.0 Å². The molecule has 1 atom stereocenters. The highest BCUT2D eigenvalue weighted by Gasteiger charge is 2.42. The molecule has 0 bridgehead atoms. The second-order valence-electron chi connectivity index (χ2n) is 10.2. The van der Waals surface area contributed by atoms with Gasteiger partial charge < -0.3 is 15.4 Å². The Morgan fingerprint density at radius 1 is 1.16 bits per heavy atom. The predicted molar refractivity (Wildman–Crippen MR) is 132 cm³/mol. The number of nitrogens with one attached hydrogen (secondary N) is 2. The first-order valence-electron chi connectivity index (χ1n) is 11.9. The number of imide groups is 1. The smallest absolute Gasteiger partial charge is 0.278 e. The topological polar surface area (TPSA) is 114 Å². The Balaban J connectivity index is 1.48. The zero-order chi connectivity index (χ0) is 27.0. The van der Waals surface area contributed by atoms with Crippen molar-refractivity contribution in [2.75, 3.05) is 25.0 Å². The van der Waals surface area contributed by atoms with Crippen LogP contribution >= 0.6 is 11.6 Å². The maximum absolute atomic E-state index is 15.0. The Bertz CT molecular complexity index is 1180. The molecule has 1 fully saturated rings. The van der Waals surface area contributed by atoms with Gasteiger partial charge in [0.25, 0.3) is 17.7 Å². The summed E-state index contributed by atoms with van der Waals surface area (Å²) in [5.74, 6) is -5.15. The first-order chi connectivity index (χ1) is 17.4. The van der Waals surface area contributed by atoms with Crippen molar-refractivity contribution in [3.8, 4) is 0 Å². The van der Waals surface area contributed by atoms with E-state index in [4.69, 9.17) is 16.3 Å². The number of nitrogens with zero attached hydrogens (tertiary/aromatic N) is 3. The highest BCUT2D eigenvalue weighted by Crippen LogP contribution is 2.30. The largest absolute Gasteiger partial charge is 0.376 e. The molecule has 0 spiro atoms. The molecule has 1 aliphatic carbocycles. The molecule has 4 rings (SSSR count). The standard InChI is InChI=1S/C25H28ClF2N5O4/c1-24(2,3)23(36)30-19-10-17(20(26)32-31-19)18(11-37-14-8-9-14)29-12-25(27,28)13-33-21(34)15-6-4-5-7-16(15)22(33)35/h4-7,10,14,18,29H,8-9,11-13H2,1-3H3,(H,30,31,36)/t18-/m1/s1. The lowest BCUT2D eigenvalue weighted by molar-refractivity contribution is -0.123. The maximum atomic E-state index is 15.0. The second-order valence-corrected chi connectivity index (χ2v) is 10.6. The average Bonchev–Trinajstić information content (AvgIpc) is 3.63. The van der Waals surface area contributed by atoms with Crippen LogP contribution in [0.3, 0.4) is 0 Å². The van der Waals surface area contributed by atoms with E-state index in [9.17, 15) is 14.4 Å². The Morgan fingerprint density at radius 3 is 2.35 bits per heavy atom. The summed E-state index contributed by atoms with van der Waals surface area (Å²) in [6.45, 7) is 3.26. The minimum Gasteiger partial charge on any atom is -0.376 e. The fraction of sp³-hybridized carbons (Fsp3) is 0.480. The molecule has 37 heavy (non-hydrogen) atoms.